The normalized spacial score (nSPS) is 13.9. The van der Waals surface area contributed by atoms with Gasteiger partial charge in [-0.3, -0.25) is 4.90 Å². The van der Waals surface area contributed by atoms with E-state index in [1.165, 1.54) is 16.7 Å². The zero-order chi connectivity index (χ0) is 21.1. The summed E-state index contributed by atoms with van der Waals surface area (Å²) in [6.07, 6.45) is 0. The van der Waals surface area contributed by atoms with Gasteiger partial charge in [-0.05, 0) is 43.2 Å². The van der Waals surface area contributed by atoms with Crippen LogP contribution in [0.1, 0.15) is 22.3 Å². The third-order valence-electron chi connectivity index (χ3n) is 5.52. The number of hydrogen-bond donors (Lipinski definition) is 0. The molecule has 0 N–H and O–H groups in total. The van der Waals surface area contributed by atoms with Crippen LogP contribution < -0.4 is 14.2 Å². The maximum atomic E-state index is 6.11. The van der Waals surface area contributed by atoms with E-state index in [0.717, 1.165) is 48.0 Å². The molecule has 2 aromatic carbocycles. The van der Waals surface area contributed by atoms with Crippen molar-refractivity contribution in [3.63, 3.8) is 0 Å². The first-order chi connectivity index (χ1) is 14.6. The predicted octanol–water partition coefficient (Wildman–Crippen LogP) is 4.78. The lowest BCUT2D eigenvalue weighted by Gasteiger charge is -2.21. The zero-order valence-corrected chi connectivity index (χ0v) is 18.1. The Labute approximate surface area is 178 Å². The minimum Gasteiger partial charge on any atom is -0.493 e. The van der Waals surface area contributed by atoms with Crippen LogP contribution in [0.5, 0.6) is 17.4 Å². The van der Waals surface area contributed by atoms with Crippen LogP contribution in [0.25, 0.3) is 11.3 Å². The van der Waals surface area contributed by atoms with Crippen molar-refractivity contribution in [2.24, 2.45) is 0 Å². The van der Waals surface area contributed by atoms with Crippen molar-refractivity contribution in [3.8, 4) is 28.6 Å². The molecule has 0 fully saturated rings. The van der Waals surface area contributed by atoms with E-state index in [-0.39, 0.29) is 0 Å². The number of ether oxygens (including phenoxy) is 3. The summed E-state index contributed by atoms with van der Waals surface area (Å²) >= 11 is 0. The molecule has 0 saturated carbocycles. The number of methoxy groups -OCH3 is 2. The van der Waals surface area contributed by atoms with Crippen LogP contribution in [0.15, 0.2) is 48.5 Å². The third kappa shape index (κ3) is 4.26. The van der Waals surface area contributed by atoms with E-state index in [0.29, 0.717) is 12.5 Å². The summed E-state index contributed by atoms with van der Waals surface area (Å²) in [6, 6.07) is 16.6. The lowest BCUT2D eigenvalue weighted by atomic mass is 10.0. The molecule has 3 aromatic rings. The summed E-state index contributed by atoms with van der Waals surface area (Å²) in [6.45, 7) is 7.48. The summed E-state index contributed by atoms with van der Waals surface area (Å²) in [5.74, 6) is 2.15. The highest BCUT2D eigenvalue weighted by molar-refractivity contribution is 5.67. The van der Waals surface area contributed by atoms with Crippen LogP contribution in [0.4, 0.5) is 0 Å². The van der Waals surface area contributed by atoms with Gasteiger partial charge in [0, 0.05) is 36.8 Å². The Morgan fingerprint density at radius 3 is 2.67 bits per heavy atom. The largest absolute Gasteiger partial charge is 0.493 e. The number of pyridine rings is 1. The highest BCUT2D eigenvalue weighted by Gasteiger charge is 2.21. The summed E-state index contributed by atoms with van der Waals surface area (Å²) < 4.78 is 17.1. The first-order valence-electron chi connectivity index (χ1n) is 10.2. The maximum Gasteiger partial charge on any atom is 0.213 e. The topological polar surface area (TPSA) is 43.8 Å². The third-order valence-corrected chi connectivity index (χ3v) is 5.52. The lowest BCUT2D eigenvalue weighted by molar-refractivity contribution is 0.216. The lowest BCUT2D eigenvalue weighted by Crippen LogP contribution is -2.25. The maximum absolute atomic E-state index is 6.11. The molecule has 30 heavy (non-hydrogen) atoms. The highest BCUT2D eigenvalue weighted by atomic mass is 16.5. The van der Waals surface area contributed by atoms with Crippen molar-refractivity contribution in [1.29, 1.82) is 0 Å². The molecule has 0 aliphatic carbocycles. The monoisotopic (exact) mass is 404 g/mol. The molecular formula is C25H28N2O3. The van der Waals surface area contributed by atoms with Gasteiger partial charge >= 0.3 is 0 Å². The molecule has 0 spiro atoms. The van der Waals surface area contributed by atoms with Crippen LogP contribution in [-0.4, -0.2) is 37.3 Å². The highest BCUT2D eigenvalue weighted by Crippen LogP contribution is 2.38. The minimum absolute atomic E-state index is 0.592. The summed E-state index contributed by atoms with van der Waals surface area (Å²) in [7, 11) is 3.31. The van der Waals surface area contributed by atoms with Crippen molar-refractivity contribution >= 4 is 0 Å². The molecule has 2 heterocycles. The van der Waals surface area contributed by atoms with E-state index in [2.05, 4.69) is 48.0 Å². The number of benzene rings is 2. The van der Waals surface area contributed by atoms with Gasteiger partial charge in [-0.2, -0.15) is 0 Å². The first kappa shape index (κ1) is 20.2. The van der Waals surface area contributed by atoms with E-state index >= 15 is 0 Å². The van der Waals surface area contributed by atoms with Crippen LogP contribution in [0.2, 0.25) is 0 Å². The molecule has 4 rings (SSSR count). The average Bonchev–Trinajstić information content (AvgIpc) is 2.96. The van der Waals surface area contributed by atoms with Crippen molar-refractivity contribution in [3.05, 3.63) is 70.8 Å². The fraction of sp³-hybridized carbons (Fsp3) is 0.320. The van der Waals surface area contributed by atoms with Crippen molar-refractivity contribution in [1.82, 2.24) is 9.88 Å². The SMILES string of the molecule is COc1cccc(-c2cc3c(c(OC)c2)OCCN(Cc2ccc(C)cc2C)C3)n1. The Kier molecular flexibility index (Phi) is 5.91. The summed E-state index contributed by atoms with van der Waals surface area (Å²) in [5.41, 5.74) is 6.91. The number of rotatable bonds is 5. The van der Waals surface area contributed by atoms with Gasteiger partial charge in [0.25, 0.3) is 0 Å². The standard InChI is InChI=1S/C25H28N2O3/c1-17-8-9-19(18(2)12-17)15-27-10-11-30-25-21(16-27)13-20(14-23(25)28-3)22-6-5-7-24(26-22)29-4/h5-9,12-14H,10-11,15-16H2,1-4H3. The number of aromatic nitrogens is 1. The Morgan fingerprint density at radius 1 is 1.03 bits per heavy atom. The van der Waals surface area contributed by atoms with E-state index in [4.69, 9.17) is 14.2 Å². The van der Waals surface area contributed by atoms with Gasteiger partial charge < -0.3 is 14.2 Å². The second-order valence-corrected chi connectivity index (χ2v) is 7.72. The van der Waals surface area contributed by atoms with Gasteiger partial charge in [0.15, 0.2) is 11.5 Å². The molecule has 1 aromatic heterocycles. The van der Waals surface area contributed by atoms with E-state index in [1.54, 1.807) is 14.2 Å². The van der Waals surface area contributed by atoms with Gasteiger partial charge in [-0.1, -0.05) is 29.8 Å². The first-order valence-corrected chi connectivity index (χ1v) is 10.2. The number of aryl methyl sites for hydroxylation is 2. The quantitative estimate of drug-likeness (QED) is 0.612. The minimum atomic E-state index is 0.592. The van der Waals surface area contributed by atoms with Crippen LogP contribution in [-0.2, 0) is 13.1 Å². The fourth-order valence-electron chi connectivity index (χ4n) is 3.93. The molecule has 1 aliphatic heterocycles. The molecule has 0 saturated heterocycles. The molecule has 1 aliphatic rings. The summed E-state index contributed by atoms with van der Waals surface area (Å²) in [4.78, 5) is 7.01. The van der Waals surface area contributed by atoms with Crippen molar-refractivity contribution in [2.75, 3.05) is 27.4 Å². The van der Waals surface area contributed by atoms with Gasteiger partial charge in [-0.25, -0.2) is 4.98 Å². The molecule has 156 valence electrons. The Hall–Kier alpha value is -3.05. The molecule has 0 atom stereocenters. The molecule has 5 nitrogen and oxygen atoms in total. The molecule has 0 unspecified atom stereocenters. The Bertz CT molecular complexity index is 1050. The van der Waals surface area contributed by atoms with Gasteiger partial charge in [-0.15, -0.1) is 0 Å². The smallest absolute Gasteiger partial charge is 0.213 e. The van der Waals surface area contributed by atoms with Gasteiger partial charge in [0.2, 0.25) is 5.88 Å². The Morgan fingerprint density at radius 2 is 1.90 bits per heavy atom. The van der Waals surface area contributed by atoms with Crippen LogP contribution >= 0.6 is 0 Å². The molecular weight excluding hydrogens is 376 g/mol. The average molecular weight is 405 g/mol. The molecule has 0 amide bonds. The number of nitrogens with zero attached hydrogens (tertiary/aromatic N) is 2. The van der Waals surface area contributed by atoms with E-state index in [9.17, 15) is 0 Å². The van der Waals surface area contributed by atoms with Gasteiger partial charge in [0.1, 0.15) is 6.61 Å². The van der Waals surface area contributed by atoms with E-state index in [1.807, 2.05) is 24.3 Å². The summed E-state index contributed by atoms with van der Waals surface area (Å²) in [5, 5.41) is 0. The van der Waals surface area contributed by atoms with Crippen LogP contribution in [0, 0.1) is 13.8 Å². The molecule has 5 heteroatoms. The van der Waals surface area contributed by atoms with Gasteiger partial charge in [0.05, 0.1) is 19.9 Å². The zero-order valence-electron chi connectivity index (χ0n) is 18.1. The van der Waals surface area contributed by atoms with Crippen molar-refractivity contribution in [2.45, 2.75) is 26.9 Å². The Balaban J connectivity index is 1.67. The molecule has 0 radical (unpaired) electrons. The molecule has 0 bridgehead atoms. The second-order valence-electron chi connectivity index (χ2n) is 7.72. The fourth-order valence-corrected chi connectivity index (χ4v) is 3.93. The number of fused-ring (bicyclic) bond motifs is 1. The second kappa shape index (κ2) is 8.76. The van der Waals surface area contributed by atoms with Crippen LogP contribution in [0.3, 0.4) is 0 Å². The van der Waals surface area contributed by atoms with E-state index < -0.39 is 0 Å². The predicted molar refractivity (Wildman–Crippen MR) is 118 cm³/mol. The number of hydrogen-bond acceptors (Lipinski definition) is 5. The van der Waals surface area contributed by atoms with Crippen molar-refractivity contribution < 1.29 is 14.2 Å².